The van der Waals surface area contributed by atoms with Crippen LogP contribution in [0.4, 0.5) is 0 Å². The molecule has 0 radical (unpaired) electrons. The minimum atomic E-state index is -0.688. The summed E-state index contributed by atoms with van der Waals surface area (Å²) in [6.45, 7) is 8.48. The maximum atomic E-state index is 11.5. The fourth-order valence-electron chi connectivity index (χ4n) is 2.90. The van der Waals surface area contributed by atoms with Gasteiger partial charge in [0.2, 0.25) is 5.91 Å². The third-order valence-corrected chi connectivity index (χ3v) is 4.77. The fraction of sp³-hybridized carbons (Fsp3) is 0.933. The van der Waals surface area contributed by atoms with Crippen LogP contribution in [0.1, 0.15) is 53.4 Å². The van der Waals surface area contributed by atoms with E-state index in [-0.39, 0.29) is 12.0 Å². The van der Waals surface area contributed by atoms with Gasteiger partial charge in [-0.15, -0.1) is 0 Å². The number of rotatable bonds is 6. The molecule has 5 unspecified atom stereocenters. The Morgan fingerprint density at radius 2 is 2.05 bits per heavy atom. The summed E-state index contributed by atoms with van der Waals surface area (Å²) in [6.07, 6.45) is 4.46. The molecule has 0 spiro atoms. The summed E-state index contributed by atoms with van der Waals surface area (Å²) < 4.78 is 6.11. The Balaban J connectivity index is 2.47. The molecule has 4 nitrogen and oxygen atoms in total. The van der Waals surface area contributed by atoms with E-state index in [0.29, 0.717) is 12.5 Å². The second-order valence-electron chi connectivity index (χ2n) is 6.49. The van der Waals surface area contributed by atoms with Crippen molar-refractivity contribution in [3.8, 4) is 0 Å². The van der Waals surface area contributed by atoms with Crippen molar-refractivity contribution in [1.82, 2.24) is 5.32 Å². The van der Waals surface area contributed by atoms with E-state index in [1.165, 1.54) is 6.42 Å². The highest BCUT2D eigenvalue weighted by Crippen LogP contribution is 2.32. The quantitative estimate of drug-likeness (QED) is 0.776. The van der Waals surface area contributed by atoms with Crippen LogP contribution in [0, 0.1) is 11.8 Å². The topological polar surface area (TPSA) is 64.3 Å². The molecule has 0 bridgehead atoms. The number of carbonyl (C=O) groups is 1. The van der Waals surface area contributed by atoms with Gasteiger partial charge in [0.05, 0.1) is 17.7 Å². The number of nitrogens with one attached hydrogen (secondary N) is 1. The van der Waals surface area contributed by atoms with Crippen LogP contribution >= 0.6 is 0 Å². The third-order valence-electron chi connectivity index (χ3n) is 4.77. The lowest BCUT2D eigenvalue weighted by Crippen LogP contribution is -2.53. The van der Waals surface area contributed by atoms with Gasteiger partial charge in [-0.3, -0.25) is 4.79 Å². The van der Waals surface area contributed by atoms with Crippen molar-refractivity contribution in [1.29, 1.82) is 0 Å². The Labute approximate surface area is 117 Å². The molecule has 5 atom stereocenters. The predicted octanol–water partition coefficient (Wildman–Crippen LogP) is 2.07. The molecule has 1 amide bonds. The van der Waals surface area contributed by atoms with Crippen LogP contribution in [0.25, 0.3) is 0 Å². The summed E-state index contributed by atoms with van der Waals surface area (Å²) in [6, 6.07) is 0. The summed E-state index contributed by atoms with van der Waals surface area (Å²) in [4.78, 5) is 11.5. The highest BCUT2D eigenvalue weighted by Gasteiger charge is 2.33. The molecule has 1 aliphatic rings. The maximum absolute atomic E-state index is 11.5. The molecule has 112 valence electrons. The zero-order chi connectivity index (χ0) is 14.6. The van der Waals surface area contributed by atoms with Gasteiger partial charge in [-0.25, -0.2) is 0 Å². The molecule has 1 rings (SSSR count). The molecule has 19 heavy (non-hydrogen) atoms. The van der Waals surface area contributed by atoms with Gasteiger partial charge in [0.25, 0.3) is 0 Å². The highest BCUT2D eigenvalue weighted by atomic mass is 16.5. The molecular weight excluding hydrogens is 240 g/mol. The Morgan fingerprint density at radius 1 is 1.42 bits per heavy atom. The van der Waals surface area contributed by atoms with Gasteiger partial charge >= 0.3 is 0 Å². The standard InChI is InChI=1S/C15H30N2O2/c1-10-6-7-13(8-11(10)2)19-12(3)9-15(4,17-5)14(16)18/h10-13,17H,6-9H2,1-5H3,(H2,16,18). The van der Waals surface area contributed by atoms with Crippen LogP contribution in [-0.4, -0.2) is 30.7 Å². The van der Waals surface area contributed by atoms with Gasteiger partial charge in [0, 0.05) is 6.42 Å². The smallest absolute Gasteiger partial charge is 0.237 e. The molecule has 0 aliphatic heterocycles. The number of carbonyl (C=O) groups excluding carboxylic acids is 1. The number of hydrogen-bond acceptors (Lipinski definition) is 3. The summed E-state index contributed by atoms with van der Waals surface area (Å²) >= 11 is 0. The van der Waals surface area contributed by atoms with Crippen molar-refractivity contribution in [2.75, 3.05) is 7.05 Å². The average molecular weight is 270 g/mol. The predicted molar refractivity (Wildman–Crippen MR) is 77.8 cm³/mol. The minimum absolute atomic E-state index is 0.0376. The average Bonchev–Trinajstić information content (AvgIpc) is 2.33. The molecule has 3 N–H and O–H groups in total. The molecule has 0 saturated heterocycles. The largest absolute Gasteiger partial charge is 0.375 e. The van der Waals surface area contributed by atoms with Crippen molar-refractivity contribution in [3.05, 3.63) is 0 Å². The minimum Gasteiger partial charge on any atom is -0.375 e. The Bertz CT molecular complexity index is 309. The lowest BCUT2D eigenvalue weighted by atomic mass is 9.80. The molecule has 1 fully saturated rings. The fourth-order valence-corrected chi connectivity index (χ4v) is 2.90. The van der Waals surface area contributed by atoms with Gasteiger partial charge in [-0.2, -0.15) is 0 Å². The first-order valence-corrected chi connectivity index (χ1v) is 7.42. The second kappa shape index (κ2) is 6.71. The Hall–Kier alpha value is -0.610. The van der Waals surface area contributed by atoms with Gasteiger partial charge < -0.3 is 15.8 Å². The highest BCUT2D eigenvalue weighted by molar-refractivity contribution is 5.84. The van der Waals surface area contributed by atoms with Crippen LogP contribution in [0.5, 0.6) is 0 Å². The Morgan fingerprint density at radius 3 is 2.53 bits per heavy atom. The van der Waals surface area contributed by atoms with Gasteiger partial charge in [-0.05, 0) is 52.0 Å². The number of primary amides is 1. The van der Waals surface area contributed by atoms with Crippen LogP contribution in [-0.2, 0) is 9.53 Å². The van der Waals surface area contributed by atoms with Crippen LogP contribution in [0.2, 0.25) is 0 Å². The SMILES string of the molecule is CNC(C)(CC(C)OC1CCC(C)C(C)C1)C(N)=O. The zero-order valence-electron chi connectivity index (χ0n) is 13.0. The summed E-state index contributed by atoms with van der Waals surface area (Å²) in [5.41, 5.74) is 4.76. The molecule has 0 aromatic carbocycles. The Kier molecular flexibility index (Phi) is 5.81. The van der Waals surface area contributed by atoms with Crippen LogP contribution < -0.4 is 11.1 Å². The van der Waals surface area contributed by atoms with Crippen molar-refractivity contribution in [3.63, 3.8) is 0 Å². The van der Waals surface area contributed by atoms with Crippen molar-refractivity contribution < 1.29 is 9.53 Å². The summed E-state index contributed by atoms with van der Waals surface area (Å²) in [5, 5.41) is 3.01. The number of ether oxygens (including phenoxy) is 1. The van der Waals surface area contributed by atoms with Crippen molar-refractivity contribution in [2.45, 2.75) is 71.1 Å². The maximum Gasteiger partial charge on any atom is 0.237 e. The monoisotopic (exact) mass is 270 g/mol. The molecule has 4 heteroatoms. The van der Waals surface area contributed by atoms with Gasteiger partial charge in [0.1, 0.15) is 0 Å². The molecule has 0 aromatic rings. The van der Waals surface area contributed by atoms with Gasteiger partial charge in [0.15, 0.2) is 0 Å². The normalized spacial score (nSPS) is 32.6. The first-order chi connectivity index (χ1) is 8.78. The van der Waals surface area contributed by atoms with E-state index in [0.717, 1.165) is 24.7 Å². The molecule has 1 saturated carbocycles. The lowest BCUT2D eigenvalue weighted by Gasteiger charge is -2.35. The lowest BCUT2D eigenvalue weighted by molar-refractivity contribution is -0.126. The number of amides is 1. The van der Waals surface area contributed by atoms with E-state index in [4.69, 9.17) is 10.5 Å². The molecule has 0 heterocycles. The number of likely N-dealkylation sites (N-methyl/N-ethyl adjacent to an activating group) is 1. The molecule has 1 aliphatic carbocycles. The van der Waals surface area contributed by atoms with E-state index >= 15 is 0 Å². The van der Waals surface area contributed by atoms with E-state index in [1.807, 2.05) is 13.8 Å². The van der Waals surface area contributed by atoms with Crippen LogP contribution in [0.15, 0.2) is 0 Å². The molecule has 0 aromatic heterocycles. The molecular formula is C15H30N2O2. The van der Waals surface area contributed by atoms with Gasteiger partial charge in [-0.1, -0.05) is 13.8 Å². The summed E-state index contributed by atoms with van der Waals surface area (Å²) in [7, 11) is 1.77. The van der Waals surface area contributed by atoms with Crippen LogP contribution in [0.3, 0.4) is 0 Å². The zero-order valence-corrected chi connectivity index (χ0v) is 13.0. The summed E-state index contributed by atoms with van der Waals surface area (Å²) in [5.74, 6) is 1.19. The van der Waals surface area contributed by atoms with Crippen molar-refractivity contribution >= 4 is 5.91 Å². The van der Waals surface area contributed by atoms with E-state index in [9.17, 15) is 4.79 Å². The number of nitrogens with two attached hydrogens (primary N) is 1. The van der Waals surface area contributed by atoms with Crippen molar-refractivity contribution in [2.24, 2.45) is 17.6 Å². The third kappa shape index (κ3) is 4.46. The second-order valence-corrected chi connectivity index (χ2v) is 6.49. The van der Waals surface area contributed by atoms with E-state index < -0.39 is 5.54 Å². The number of hydrogen-bond donors (Lipinski definition) is 2. The first kappa shape index (κ1) is 16.4. The first-order valence-electron chi connectivity index (χ1n) is 7.42. The van der Waals surface area contributed by atoms with E-state index in [1.54, 1.807) is 7.05 Å². The van der Waals surface area contributed by atoms with E-state index in [2.05, 4.69) is 19.2 Å².